The van der Waals surface area contributed by atoms with Gasteiger partial charge in [-0.1, -0.05) is 54.1 Å². The van der Waals surface area contributed by atoms with Crippen LogP contribution in [0.25, 0.3) is 11.1 Å². The van der Waals surface area contributed by atoms with Gasteiger partial charge in [0.25, 0.3) is 0 Å². The van der Waals surface area contributed by atoms with Crippen molar-refractivity contribution in [2.45, 2.75) is 0 Å². The largest absolute Gasteiger partial charge is 0.390 e. The van der Waals surface area contributed by atoms with Crippen LogP contribution in [0.3, 0.4) is 0 Å². The summed E-state index contributed by atoms with van der Waals surface area (Å²) in [6, 6.07) is 16.6. The highest BCUT2D eigenvalue weighted by molar-refractivity contribution is 7.15. The molecule has 0 radical (unpaired) electrons. The molecule has 0 unspecified atom stereocenters. The molecule has 0 fully saturated rings. The van der Waals surface area contributed by atoms with Crippen molar-refractivity contribution in [1.29, 1.82) is 0 Å². The van der Waals surface area contributed by atoms with Crippen LogP contribution in [0.15, 0.2) is 60.0 Å². The first-order chi connectivity index (χ1) is 10.2. The molecule has 2 nitrogen and oxygen atoms in total. The van der Waals surface area contributed by atoms with E-state index in [4.69, 9.17) is 17.3 Å². The SMILES string of the molecule is Nc1scc(-c2cccc(Cl)c2)c1C(=O)c1ccccc1. The molecule has 1 heterocycles. The molecule has 0 amide bonds. The summed E-state index contributed by atoms with van der Waals surface area (Å²) in [5.74, 6) is -0.0654. The molecule has 3 aromatic rings. The summed E-state index contributed by atoms with van der Waals surface area (Å²) in [4.78, 5) is 12.7. The second-order valence-electron chi connectivity index (χ2n) is 4.59. The van der Waals surface area contributed by atoms with E-state index in [0.717, 1.165) is 11.1 Å². The highest BCUT2D eigenvalue weighted by Crippen LogP contribution is 2.36. The number of anilines is 1. The van der Waals surface area contributed by atoms with E-state index in [-0.39, 0.29) is 5.78 Å². The van der Waals surface area contributed by atoms with Crippen LogP contribution in [-0.4, -0.2) is 5.78 Å². The molecule has 0 bridgehead atoms. The average Bonchev–Trinajstić information content (AvgIpc) is 2.89. The quantitative estimate of drug-likeness (QED) is 0.700. The maximum atomic E-state index is 12.7. The van der Waals surface area contributed by atoms with Crippen LogP contribution >= 0.6 is 22.9 Å². The molecule has 2 aromatic carbocycles. The van der Waals surface area contributed by atoms with E-state index in [1.807, 2.05) is 41.8 Å². The molecule has 21 heavy (non-hydrogen) atoms. The van der Waals surface area contributed by atoms with Gasteiger partial charge < -0.3 is 5.73 Å². The molecule has 0 aliphatic rings. The van der Waals surface area contributed by atoms with Gasteiger partial charge in [-0.25, -0.2) is 0 Å². The van der Waals surface area contributed by atoms with Gasteiger partial charge in [-0.3, -0.25) is 4.79 Å². The number of nitrogen functional groups attached to an aromatic ring is 1. The number of carbonyl (C=O) groups is 1. The minimum absolute atomic E-state index is 0.0654. The van der Waals surface area contributed by atoms with Gasteiger partial charge in [0.15, 0.2) is 5.78 Å². The van der Waals surface area contributed by atoms with E-state index in [0.29, 0.717) is 21.2 Å². The minimum atomic E-state index is -0.0654. The first kappa shape index (κ1) is 13.9. The molecule has 4 heteroatoms. The molecule has 0 spiro atoms. The summed E-state index contributed by atoms with van der Waals surface area (Å²) in [6.45, 7) is 0. The number of rotatable bonds is 3. The van der Waals surface area contributed by atoms with E-state index in [1.165, 1.54) is 11.3 Å². The van der Waals surface area contributed by atoms with Crippen molar-refractivity contribution in [3.63, 3.8) is 0 Å². The predicted octanol–water partition coefficient (Wildman–Crippen LogP) is 4.88. The van der Waals surface area contributed by atoms with Crippen molar-refractivity contribution in [3.8, 4) is 11.1 Å². The van der Waals surface area contributed by atoms with Crippen molar-refractivity contribution in [3.05, 3.63) is 76.1 Å². The van der Waals surface area contributed by atoms with E-state index in [1.54, 1.807) is 18.2 Å². The van der Waals surface area contributed by atoms with Gasteiger partial charge in [0.2, 0.25) is 0 Å². The van der Waals surface area contributed by atoms with Gasteiger partial charge in [0.1, 0.15) is 0 Å². The fourth-order valence-corrected chi connectivity index (χ4v) is 3.22. The Kier molecular flexibility index (Phi) is 3.78. The Morgan fingerprint density at radius 2 is 1.81 bits per heavy atom. The normalized spacial score (nSPS) is 10.5. The minimum Gasteiger partial charge on any atom is -0.390 e. The summed E-state index contributed by atoms with van der Waals surface area (Å²) < 4.78 is 0. The molecule has 0 aliphatic carbocycles. The fourth-order valence-electron chi connectivity index (χ4n) is 2.21. The van der Waals surface area contributed by atoms with E-state index in [9.17, 15) is 4.79 Å². The van der Waals surface area contributed by atoms with Crippen molar-refractivity contribution in [2.75, 3.05) is 5.73 Å². The molecule has 104 valence electrons. The second kappa shape index (κ2) is 5.72. The lowest BCUT2D eigenvalue weighted by Gasteiger charge is -2.06. The number of benzene rings is 2. The molecule has 0 atom stereocenters. The third-order valence-electron chi connectivity index (χ3n) is 3.22. The number of nitrogens with two attached hydrogens (primary N) is 1. The van der Waals surface area contributed by atoms with Crippen molar-refractivity contribution < 1.29 is 4.79 Å². The Bertz CT molecular complexity index is 796. The Morgan fingerprint density at radius 3 is 2.52 bits per heavy atom. The smallest absolute Gasteiger partial charge is 0.196 e. The number of halogens is 1. The van der Waals surface area contributed by atoms with Crippen LogP contribution < -0.4 is 5.73 Å². The van der Waals surface area contributed by atoms with Gasteiger partial charge in [-0.05, 0) is 17.7 Å². The lowest BCUT2D eigenvalue weighted by molar-refractivity contribution is 0.104. The van der Waals surface area contributed by atoms with Gasteiger partial charge in [-0.2, -0.15) is 0 Å². The van der Waals surface area contributed by atoms with Gasteiger partial charge in [-0.15, -0.1) is 11.3 Å². The summed E-state index contributed by atoms with van der Waals surface area (Å²) in [5, 5.41) is 3.06. The Balaban J connectivity index is 2.12. The van der Waals surface area contributed by atoms with Crippen molar-refractivity contribution >= 4 is 33.7 Å². The third-order valence-corrected chi connectivity index (χ3v) is 4.26. The Labute approximate surface area is 131 Å². The van der Waals surface area contributed by atoms with Crippen LogP contribution in [0.2, 0.25) is 5.02 Å². The molecule has 0 saturated heterocycles. The number of ketones is 1. The highest BCUT2D eigenvalue weighted by atomic mass is 35.5. The van der Waals surface area contributed by atoms with Crippen LogP contribution in [0, 0.1) is 0 Å². The standard InChI is InChI=1S/C17H12ClNOS/c18-13-8-4-7-12(9-13)14-10-21-17(19)15(14)16(20)11-5-2-1-3-6-11/h1-10H,19H2. The zero-order valence-corrected chi connectivity index (χ0v) is 12.6. The van der Waals surface area contributed by atoms with Crippen LogP contribution in [0.1, 0.15) is 15.9 Å². The van der Waals surface area contributed by atoms with Gasteiger partial charge in [0.05, 0.1) is 10.6 Å². The number of hydrogen-bond acceptors (Lipinski definition) is 3. The third kappa shape index (κ3) is 2.71. The topological polar surface area (TPSA) is 43.1 Å². The predicted molar refractivity (Wildman–Crippen MR) is 89.1 cm³/mol. The number of thiophene rings is 1. The molecule has 3 rings (SSSR count). The monoisotopic (exact) mass is 313 g/mol. The first-order valence-corrected chi connectivity index (χ1v) is 7.65. The Hall–Kier alpha value is -2.10. The van der Waals surface area contributed by atoms with Crippen LogP contribution in [0.4, 0.5) is 5.00 Å². The summed E-state index contributed by atoms with van der Waals surface area (Å²) in [5.41, 5.74) is 8.93. The number of carbonyl (C=O) groups excluding carboxylic acids is 1. The maximum Gasteiger partial charge on any atom is 0.196 e. The van der Waals surface area contributed by atoms with E-state index >= 15 is 0 Å². The molecule has 2 N–H and O–H groups in total. The van der Waals surface area contributed by atoms with Gasteiger partial charge in [0, 0.05) is 21.5 Å². The lowest BCUT2D eigenvalue weighted by atomic mass is 9.97. The van der Waals surface area contributed by atoms with Crippen molar-refractivity contribution in [1.82, 2.24) is 0 Å². The van der Waals surface area contributed by atoms with E-state index in [2.05, 4.69) is 0 Å². The summed E-state index contributed by atoms with van der Waals surface area (Å²) >= 11 is 7.41. The number of hydrogen-bond donors (Lipinski definition) is 1. The Morgan fingerprint density at radius 1 is 1.05 bits per heavy atom. The molecule has 0 aliphatic heterocycles. The molecule has 0 saturated carbocycles. The van der Waals surface area contributed by atoms with Crippen molar-refractivity contribution in [2.24, 2.45) is 0 Å². The maximum absolute atomic E-state index is 12.7. The first-order valence-electron chi connectivity index (χ1n) is 6.39. The fraction of sp³-hybridized carbons (Fsp3) is 0. The second-order valence-corrected chi connectivity index (χ2v) is 5.94. The molecular formula is C17H12ClNOS. The lowest BCUT2D eigenvalue weighted by Crippen LogP contribution is -2.04. The van der Waals surface area contributed by atoms with Crippen LogP contribution in [-0.2, 0) is 0 Å². The van der Waals surface area contributed by atoms with Crippen LogP contribution in [0.5, 0.6) is 0 Å². The zero-order chi connectivity index (χ0) is 14.8. The highest BCUT2D eigenvalue weighted by Gasteiger charge is 2.19. The summed E-state index contributed by atoms with van der Waals surface area (Å²) in [7, 11) is 0. The van der Waals surface area contributed by atoms with Gasteiger partial charge >= 0.3 is 0 Å². The average molecular weight is 314 g/mol. The van der Waals surface area contributed by atoms with E-state index < -0.39 is 0 Å². The summed E-state index contributed by atoms with van der Waals surface area (Å²) in [6.07, 6.45) is 0. The molecular weight excluding hydrogens is 302 g/mol. The zero-order valence-electron chi connectivity index (χ0n) is 11.0. The molecule has 1 aromatic heterocycles.